The van der Waals surface area contributed by atoms with E-state index in [9.17, 15) is 9.59 Å². The van der Waals surface area contributed by atoms with Gasteiger partial charge in [-0.05, 0) is 35.0 Å². The minimum atomic E-state index is -0.427. The van der Waals surface area contributed by atoms with Gasteiger partial charge >= 0.3 is 5.97 Å². The number of hydrogen-bond donors (Lipinski definition) is 1. The van der Waals surface area contributed by atoms with E-state index < -0.39 is 11.9 Å². The van der Waals surface area contributed by atoms with Crippen molar-refractivity contribution in [2.24, 2.45) is 0 Å². The number of rotatable bonds is 6. The molecule has 122 valence electrons. The average Bonchev–Trinajstić information content (AvgIpc) is 2.94. The molecular formula is C14H15BrN4O4. The summed E-state index contributed by atoms with van der Waals surface area (Å²) in [6.45, 7) is 1.94. The average molecular weight is 383 g/mol. The van der Waals surface area contributed by atoms with Crippen LogP contribution in [0.3, 0.4) is 0 Å². The SMILES string of the molecule is CCOC(=O)Cn1cnc(NC(=O)c2cccc(Br)c2OC)n1. The summed E-state index contributed by atoms with van der Waals surface area (Å²) in [5.41, 5.74) is 0.337. The number of nitrogens with one attached hydrogen (secondary N) is 1. The van der Waals surface area contributed by atoms with Gasteiger partial charge in [-0.15, -0.1) is 5.10 Å². The van der Waals surface area contributed by atoms with Gasteiger partial charge in [0, 0.05) is 0 Å². The van der Waals surface area contributed by atoms with E-state index in [1.807, 2.05) is 0 Å². The second-order valence-electron chi connectivity index (χ2n) is 4.35. The molecule has 1 heterocycles. The van der Waals surface area contributed by atoms with Crippen LogP contribution in [-0.2, 0) is 16.1 Å². The van der Waals surface area contributed by atoms with Crippen LogP contribution in [0.25, 0.3) is 0 Å². The summed E-state index contributed by atoms with van der Waals surface area (Å²) in [5.74, 6) is -0.349. The number of halogens is 1. The Balaban J connectivity index is 2.08. The molecule has 0 aliphatic heterocycles. The molecule has 8 nitrogen and oxygen atoms in total. The van der Waals surface area contributed by atoms with Crippen LogP contribution in [0, 0.1) is 0 Å². The van der Waals surface area contributed by atoms with Crippen LogP contribution in [0.2, 0.25) is 0 Å². The second-order valence-corrected chi connectivity index (χ2v) is 5.20. The number of amides is 1. The Morgan fingerprint density at radius 2 is 2.17 bits per heavy atom. The van der Waals surface area contributed by atoms with E-state index in [4.69, 9.17) is 9.47 Å². The lowest BCUT2D eigenvalue weighted by molar-refractivity contribution is -0.144. The maximum Gasteiger partial charge on any atom is 0.327 e. The quantitative estimate of drug-likeness (QED) is 0.766. The monoisotopic (exact) mass is 382 g/mol. The third kappa shape index (κ3) is 4.28. The number of methoxy groups -OCH3 is 1. The van der Waals surface area contributed by atoms with Crippen molar-refractivity contribution in [3.8, 4) is 5.75 Å². The number of esters is 1. The third-order valence-corrected chi connectivity index (χ3v) is 3.40. The maximum absolute atomic E-state index is 12.3. The van der Waals surface area contributed by atoms with Gasteiger partial charge in [-0.1, -0.05) is 6.07 Å². The summed E-state index contributed by atoms with van der Waals surface area (Å²) in [6, 6.07) is 5.10. The van der Waals surface area contributed by atoms with Crippen molar-refractivity contribution < 1.29 is 19.1 Å². The Hall–Kier alpha value is -2.42. The van der Waals surface area contributed by atoms with E-state index >= 15 is 0 Å². The molecule has 0 aliphatic rings. The van der Waals surface area contributed by atoms with Gasteiger partial charge in [-0.2, -0.15) is 0 Å². The molecule has 9 heteroatoms. The summed E-state index contributed by atoms with van der Waals surface area (Å²) < 4.78 is 12.0. The van der Waals surface area contributed by atoms with Gasteiger partial charge in [0.05, 0.1) is 23.8 Å². The first-order valence-electron chi connectivity index (χ1n) is 6.74. The maximum atomic E-state index is 12.3. The Kier molecular flexibility index (Phi) is 5.69. The molecule has 1 N–H and O–H groups in total. The predicted molar refractivity (Wildman–Crippen MR) is 85.3 cm³/mol. The zero-order valence-electron chi connectivity index (χ0n) is 12.6. The number of para-hydroxylation sites is 1. The number of carbonyl (C=O) groups is 2. The fourth-order valence-corrected chi connectivity index (χ4v) is 2.36. The van der Waals surface area contributed by atoms with E-state index in [2.05, 4.69) is 31.3 Å². The van der Waals surface area contributed by atoms with Crippen LogP contribution in [-0.4, -0.2) is 40.4 Å². The minimum absolute atomic E-state index is 0.0725. The largest absolute Gasteiger partial charge is 0.495 e. The lowest BCUT2D eigenvalue weighted by Gasteiger charge is -2.09. The van der Waals surface area contributed by atoms with Crippen molar-refractivity contribution in [2.75, 3.05) is 19.0 Å². The van der Waals surface area contributed by atoms with Crippen LogP contribution >= 0.6 is 15.9 Å². The van der Waals surface area contributed by atoms with Gasteiger partial charge in [-0.3, -0.25) is 14.9 Å². The van der Waals surface area contributed by atoms with Crippen molar-refractivity contribution in [1.82, 2.24) is 14.8 Å². The molecule has 0 atom stereocenters. The number of anilines is 1. The van der Waals surface area contributed by atoms with Gasteiger partial charge < -0.3 is 9.47 Å². The Bertz CT molecular complexity index is 717. The zero-order valence-corrected chi connectivity index (χ0v) is 14.2. The molecule has 1 amide bonds. The molecule has 2 aromatic rings. The summed E-state index contributed by atoms with van der Waals surface area (Å²) in [4.78, 5) is 27.6. The molecule has 2 rings (SSSR count). The highest BCUT2D eigenvalue weighted by Gasteiger charge is 2.16. The van der Waals surface area contributed by atoms with E-state index in [0.29, 0.717) is 22.4 Å². The van der Waals surface area contributed by atoms with Gasteiger partial charge in [0.15, 0.2) is 0 Å². The van der Waals surface area contributed by atoms with Crippen LogP contribution in [0.5, 0.6) is 5.75 Å². The van der Waals surface area contributed by atoms with Gasteiger partial charge in [-0.25, -0.2) is 9.67 Å². The van der Waals surface area contributed by atoms with Crippen molar-refractivity contribution in [2.45, 2.75) is 13.5 Å². The van der Waals surface area contributed by atoms with Gasteiger partial charge in [0.25, 0.3) is 5.91 Å². The minimum Gasteiger partial charge on any atom is -0.495 e. The van der Waals surface area contributed by atoms with Crippen molar-refractivity contribution in [3.05, 3.63) is 34.6 Å². The summed E-state index contributed by atoms with van der Waals surface area (Å²) in [7, 11) is 1.48. The number of carbonyl (C=O) groups excluding carboxylic acids is 2. The summed E-state index contributed by atoms with van der Waals surface area (Å²) in [5, 5.41) is 6.55. The first-order valence-corrected chi connectivity index (χ1v) is 7.53. The molecule has 0 saturated carbocycles. The number of aromatic nitrogens is 3. The normalized spacial score (nSPS) is 10.2. The lowest BCUT2D eigenvalue weighted by atomic mass is 10.2. The van der Waals surface area contributed by atoms with Gasteiger partial charge in [0.1, 0.15) is 18.6 Å². The van der Waals surface area contributed by atoms with Crippen LogP contribution in [0.4, 0.5) is 5.95 Å². The summed E-state index contributed by atoms with van der Waals surface area (Å²) in [6.07, 6.45) is 1.34. The standard InChI is InChI=1S/C14H15BrN4O4/c1-3-23-11(20)7-19-8-16-14(18-19)17-13(21)9-5-4-6-10(15)12(9)22-2/h4-6,8H,3,7H2,1-2H3,(H,17,18,21). The van der Waals surface area contributed by atoms with Crippen LogP contribution < -0.4 is 10.1 Å². The Labute approximate surface area is 140 Å². The van der Waals surface area contributed by atoms with Crippen LogP contribution in [0.1, 0.15) is 17.3 Å². The number of ether oxygens (including phenoxy) is 2. The van der Waals surface area contributed by atoms with Crippen molar-refractivity contribution in [3.63, 3.8) is 0 Å². The van der Waals surface area contributed by atoms with E-state index in [1.54, 1.807) is 25.1 Å². The molecule has 0 bridgehead atoms. The topological polar surface area (TPSA) is 95.3 Å². The lowest BCUT2D eigenvalue weighted by Crippen LogP contribution is -2.16. The van der Waals surface area contributed by atoms with Crippen molar-refractivity contribution >= 4 is 33.8 Å². The third-order valence-electron chi connectivity index (χ3n) is 2.77. The predicted octanol–water partition coefficient (Wildman–Crippen LogP) is 1.86. The van der Waals surface area contributed by atoms with Gasteiger partial charge in [0.2, 0.25) is 5.95 Å². The Morgan fingerprint density at radius 3 is 2.87 bits per heavy atom. The molecule has 0 saturated heterocycles. The fraction of sp³-hybridized carbons (Fsp3) is 0.286. The second kappa shape index (κ2) is 7.73. The fourth-order valence-electron chi connectivity index (χ4n) is 1.83. The molecule has 0 unspecified atom stereocenters. The molecule has 0 aliphatic carbocycles. The number of hydrogen-bond acceptors (Lipinski definition) is 6. The molecule has 0 radical (unpaired) electrons. The highest BCUT2D eigenvalue weighted by molar-refractivity contribution is 9.10. The van der Waals surface area contributed by atoms with Crippen LogP contribution in [0.15, 0.2) is 29.0 Å². The highest BCUT2D eigenvalue weighted by atomic mass is 79.9. The molecule has 0 spiro atoms. The number of benzene rings is 1. The first-order chi connectivity index (χ1) is 11.0. The molecule has 1 aromatic carbocycles. The first kappa shape index (κ1) is 16.9. The molecule has 1 aromatic heterocycles. The Morgan fingerprint density at radius 1 is 1.39 bits per heavy atom. The molecular weight excluding hydrogens is 368 g/mol. The number of nitrogens with zero attached hydrogens (tertiary/aromatic N) is 3. The van der Waals surface area contributed by atoms with E-state index in [1.165, 1.54) is 18.1 Å². The van der Waals surface area contributed by atoms with Crippen molar-refractivity contribution in [1.29, 1.82) is 0 Å². The van der Waals surface area contributed by atoms with E-state index in [-0.39, 0.29) is 12.5 Å². The summed E-state index contributed by atoms with van der Waals surface area (Å²) >= 11 is 3.32. The smallest absolute Gasteiger partial charge is 0.327 e. The molecule has 0 fully saturated rings. The zero-order chi connectivity index (χ0) is 16.8. The molecule has 23 heavy (non-hydrogen) atoms. The highest BCUT2D eigenvalue weighted by Crippen LogP contribution is 2.28. The van der Waals surface area contributed by atoms with E-state index in [0.717, 1.165) is 0 Å².